The number of aliphatic hydroxyl groups excluding tert-OH is 1. The van der Waals surface area contributed by atoms with Gasteiger partial charge >= 0.3 is 0 Å². The van der Waals surface area contributed by atoms with Crippen LogP contribution in [0.1, 0.15) is 25.3 Å². The average molecular weight is 207 g/mol. The Kier molecular flexibility index (Phi) is 5.19. The molecule has 15 heavy (non-hydrogen) atoms. The molecule has 0 amide bonds. The van der Waals surface area contributed by atoms with Gasteiger partial charge < -0.3 is 10.0 Å². The number of benzene rings is 1. The van der Waals surface area contributed by atoms with Gasteiger partial charge in [-0.05, 0) is 37.0 Å². The van der Waals surface area contributed by atoms with Crippen LogP contribution in [0, 0.1) is 0 Å². The zero-order valence-corrected chi connectivity index (χ0v) is 9.74. The van der Waals surface area contributed by atoms with Gasteiger partial charge in [0.05, 0.1) is 0 Å². The SMILES string of the molecule is CCc1ccc(N2CCCC2)cc1.CO. The molecule has 84 valence electrons. The summed E-state index contributed by atoms with van der Waals surface area (Å²) < 4.78 is 0. The van der Waals surface area contributed by atoms with Crippen molar-refractivity contribution in [2.24, 2.45) is 0 Å². The Morgan fingerprint density at radius 3 is 2.07 bits per heavy atom. The Morgan fingerprint density at radius 2 is 1.60 bits per heavy atom. The lowest BCUT2D eigenvalue weighted by atomic mass is 10.1. The zero-order chi connectivity index (χ0) is 11.1. The highest BCUT2D eigenvalue weighted by Gasteiger charge is 2.11. The van der Waals surface area contributed by atoms with E-state index in [0.717, 1.165) is 13.5 Å². The minimum absolute atomic E-state index is 1.00. The van der Waals surface area contributed by atoms with Crippen LogP contribution in [0.15, 0.2) is 24.3 Å². The predicted octanol–water partition coefficient (Wildman–Crippen LogP) is 2.46. The summed E-state index contributed by atoms with van der Waals surface area (Å²) in [6.45, 7) is 4.68. The van der Waals surface area contributed by atoms with Crippen LogP contribution in [0.4, 0.5) is 5.69 Å². The van der Waals surface area contributed by atoms with Crippen LogP contribution in [0.25, 0.3) is 0 Å². The Bertz CT molecular complexity index is 262. The van der Waals surface area contributed by atoms with E-state index >= 15 is 0 Å². The van der Waals surface area contributed by atoms with Gasteiger partial charge in [-0.2, -0.15) is 0 Å². The summed E-state index contributed by atoms with van der Waals surface area (Å²) >= 11 is 0. The van der Waals surface area contributed by atoms with Gasteiger partial charge in [0.15, 0.2) is 0 Å². The van der Waals surface area contributed by atoms with Gasteiger partial charge in [-0.25, -0.2) is 0 Å². The molecule has 1 saturated heterocycles. The first kappa shape index (κ1) is 12.1. The number of hydrogen-bond donors (Lipinski definition) is 1. The van der Waals surface area contributed by atoms with Gasteiger partial charge in [0.1, 0.15) is 0 Å². The molecule has 0 aliphatic carbocycles. The molecule has 2 nitrogen and oxygen atoms in total. The standard InChI is InChI=1S/C12H17N.CH4O/c1-2-11-5-7-12(8-6-11)13-9-3-4-10-13;1-2/h5-8H,2-4,9-10H2,1H3;2H,1H3. The fourth-order valence-corrected chi connectivity index (χ4v) is 1.92. The largest absolute Gasteiger partial charge is 0.400 e. The highest BCUT2D eigenvalue weighted by Crippen LogP contribution is 2.20. The van der Waals surface area contributed by atoms with E-state index in [9.17, 15) is 0 Å². The Hall–Kier alpha value is -1.02. The highest BCUT2D eigenvalue weighted by atomic mass is 16.2. The summed E-state index contributed by atoms with van der Waals surface area (Å²) in [6, 6.07) is 9.00. The number of nitrogens with zero attached hydrogens (tertiary/aromatic N) is 1. The van der Waals surface area contributed by atoms with E-state index in [1.807, 2.05) is 0 Å². The van der Waals surface area contributed by atoms with Gasteiger partial charge in [-0.1, -0.05) is 19.1 Å². The molecule has 0 saturated carbocycles. The minimum atomic E-state index is 1.00. The monoisotopic (exact) mass is 207 g/mol. The van der Waals surface area contributed by atoms with E-state index < -0.39 is 0 Å². The summed E-state index contributed by atoms with van der Waals surface area (Å²) in [5.74, 6) is 0. The van der Waals surface area contributed by atoms with Gasteiger partial charge in [-0.3, -0.25) is 0 Å². The average Bonchev–Trinajstić information content (AvgIpc) is 2.85. The first-order valence-electron chi connectivity index (χ1n) is 5.69. The minimum Gasteiger partial charge on any atom is -0.400 e. The number of aryl methyl sites for hydroxylation is 1. The van der Waals surface area contributed by atoms with Crippen molar-refractivity contribution in [1.82, 2.24) is 0 Å². The second kappa shape index (κ2) is 6.46. The molecule has 0 bridgehead atoms. The number of aliphatic hydroxyl groups is 1. The maximum Gasteiger partial charge on any atom is 0.0366 e. The van der Waals surface area contributed by atoms with Crippen molar-refractivity contribution in [1.29, 1.82) is 0 Å². The lowest BCUT2D eigenvalue weighted by Gasteiger charge is -2.17. The van der Waals surface area contributed by atoms with Crippen molar-refractivity contribution >= 4 is 5.69 Å². The van der Waals surface area contributed by atoms with Crippen molar-refractivity contribution in [3.8, 4) is 0 Å². The summed E-state index contributed by atoms with van der Waals surface area (Å²) in [6.07, 6.45) is 3.85. The molecule has 1 aliphatic heterocycles. The zero-order valence-electron chi connectivity index (χ0n) is 9.74. The molecule has 2 heteroatoms. The Morgan fingerprint density at radius 1 is 1.07 bits per heavy atom. The lowest BCUT2D eigenvalue weighted by Crippen LogP contribution is -2.17. The molecule has 1 aromatic rings. The smallest absolute Gasteiger partial charge is 0.0366 e. The molecule has 2 rings (SSSR count). The topological polar surface area (TPSA) is 23.5 Å². The number of anilines is 1. The molecule has 1 N–H and O–H groups in total. The molecule has 1 heterocycles. The molecular formula is C13H21NO. The van der Waals surface area contributed by atoms with E-state index in [2.05, 4.69) is 36.1 Å². The van der Waals surface area contributed by atoms with Crippen LogP contribution in [-0.4, -0.2) is 25.3 Å². The number of hydrogen-bond acceptors (Lipinski definition) is 2. The maximum atomic E-state index is 7.00. The second-order valence-electron chi connectivity index (χ2n) is 3.71. The van der Waals surface area contributed by atoms with Crippen molar-refractivity contribution in [2.45, 2.75) is 26.2 Å². The molecule has 0 radical (unpaired) electrons. The molecule has 0 spiro atoms. The Balaban J connectivity index is 0.000000531. The van der Waals surface area contributed by atoms with Crippen molar-refractivity contribution in [3.05, 3.63) is 29.8 Å². The summed E-state index contributed by atoms with van der Waals surface area (Å²) in [4.78, 5) is 2.47. The second-order valence-corrected chi connectivity index (χ2v) is 3.71. The fourth-order valence-electron chi connectivity index (χ4n) is 1.92. The molecule has 1 fully saturated rings. The molecule has 0 aromatic heterocycles. The van der Waals surface area contributed by atoms with E-state index in [4.69, 9.17) is 5.11 Å². The van der Waals surface area contributed by atoms with Crippen molar-refractivity contribution in [3.63, 3.8) is 0 Å². The van der Waals surface area contributed by atoms with Crippen LogP contribution < -0.4 is 4.90 Å². The van der Waals surface area contributed by atoms with Gasteiger partial charge in [-0.15, -0.1) is 0 Å². The van der Waals surface area contributed by atoms with Gasteiger partial charge in [0, 0.05) is 25.9 Å². The molecule has 0 unspecified atom stereocenters. The van der Waals surface area contributed by atoms with Crippen LogP contribution >= 0.6 is 0 Å². The summed E-state index contributed by atoms with van der Waals surface area (Å²) in [5.41, 5.74) is 2.83. The first-order valence-corrected chi connectivity index (χ1v) is 5.69. The predicted molar refractivity (Wildman–Crippen MR) is 65.4 cm³/mol. The van der Waals surface area contributed by atoms with E-state index in [0.29, 0.717) is 0 Å². The summed E-state index contributed by atoms with van der Waals surface area (Å²) in [7, 11) is 1.00. The quantitative estimate of drug-likeness (QED) is 0.805. The lowest BCUT2D eigenvalue weighted by molar-refractivity contribution is 0.399. The molecular weight excluding hydrogens is 186 g/mol. The summed E-state index contributed by atoms with van der Waals surface area (Å²) in [5, 5.41) is 7.00. The fraction of sp³-hybridized carbons (Fsp3) is 0.538. The third-order valence-electron chi connectivity index (χ3n) is 2.82. The third kappa shape index (κ3) is 3.24. The van der Waals surface area contributed by atoms with E-state index in [-0.39, 0.29) is 0 Å². The molecule has 1 aliphatic rings. The highest BCUT2D eigenvalue weighted by molar-refractivity contribution is 5.48. The van der Waals surface area contributed by atoms with Crippen molar-refractivity contribution in [2.75, 3.05) is 25.1 Å². The third-order valence-corrected chi connectivity index (χ3v) is 2.82. The van der Waals surface area contributed by atoms with Crippen LogP contribution in [0.5, 0.6) is 0 Å². The van der Waals surface area contributed by atoms with Crippen LogP contribution in [0.3, 0.4) is 0 Å². The molecule has 0 atom stereocenters. The Labute approximate surface area is 92.5 Å². The molecule has 1 aromatic carbocycles. The van der Waals surface area contributed by atoms with Gasteiger partial charge in [0.25, 0.3) is 0 Å². The van der Waals surface area contributed by atoms with Crippen LogP contribution in [-0.2, 0) is 6.42 Å². The maximum absolute atomic E-state index is 7.00. The van der Waals surface area contributed by atoms with E-state index in [1.54, 1.807) is 0 Å². The normalized spacial score (nSPS) is 14.7. The van der Waals surface area contributed by atoms with Crippen LogP contribution in [0.2, 0.25) is 0 Å². The number of rotatable bonds is 2. The van der Waals surface area contributed by atoms with Crippen molar-refractivity contribution < 1.29 is 5.11 Å². The van der Waals surface area contributed by atoms with Gasteiger partial charge in [0.2, 0.25) is 0 Å². The van der Waals surface area contributed by atoms with E-state index in [1.165, 1.54) is 37.2 Å². The first-order chi connectivity index (χ1) is 7.40.